The topological polar surface area (TPSA) is 38.0 Å². The molecule has 1 unspecified atom stereocenters. The molecule has 0 fully saturated rings. The number of nitrogens with one attached hydrogen (secondary N) is 1. The van der Waals surface area contributed by atoms with Crippen LogP contribution in [0.2, 0.25) is 0 Å². The first kappa shape index (κ1) is 24.7. The van der Waals surface area contributed by atoms with Gasteiger partial charge in [-0.2, -0.15) is 0 Å². The van der Waals surface area contributed by atoms with Crippen LogP contribution in [0.15, 0.2) is 12.2 Å². The van der Waals surface area contributed by atoms with Crippen molar-refractivity contribution in [2.45, 2.75) is 123 Å². The van der Waals surface area contributed by atoms with Crippen molar-refractivity contribution in [1.82, 2.24) is 5.32 Å². The Labute approximate surface area is 159 Å². The maximum Gasteiger partial charge on any atom is 0.00764 e. The van der Waals surface area contributed by atoms with Crippen molar-refractivity contribution in [1.29, 1.82) is 0 Å². The van der Waals surface area contributed by atoms with Crippen molar-refractivity contribution in [3.8, 4) is 0 Å². The van der Waals surface area contributed by atoms with Gasteiger partial charge in [-0.3, -0.25) is 0 Å². The number of unbranched alkanes of at least 4 members (excludes halogenated alkanes) is 12. The van der Waals surface area contributed by atoms with E-state index in [-0.39, 0.29) is 0 Å². The minimum Gasteiger partial charge on any atom is -0.330 e. The molecule has 2 nitrogen and oxygen atoms in total. The Morgan fingerprint density at radius 1 is 0.720 bits per heavy atom. The van der Waals surface area contributed by atoms with Gasteiger partial charge in [0.05, 0.1) is 0 Å². The first-order valence-electron chi connectivity index (χ1n) is 11.4. The van der Waals surface area contributed by atoms with Crippen LogP contribution in [0.1, 0.15) is 117 Å². The van der Waals surface area contributed by atoms with Crippen molar-refractivity contribution in [3.05, 3.63) is 12.2 Å². The Kier molecular flexibility index (Phi) is 21.4. The average Bonchev–Trinajstić information content (AvgIpc) is 2.63. The summed E-state index contributed by atoms with van der Waals surface area (Å²) in [4.78, 5) is 0. The van der Waals surface area contributed by atoms with Gasteiger partial charge in [0, 0.05) is 6.04 Å². The van der Waals surface area contributed by atoms with E-state index in [0.717, 1.165) is 13.0 Å². The largest absolute Gasteiger partial charge is 0.330 e. The van der Waals surface area contributed by atoms with E-state index in [4.69, 9.17) is 5.73 Å². The Bertz CT molecular complexity index is 263. The summed E-state index contributed by atoms with van der Waals surface area (Å²) in [6.07, 6.45) is 26.4. The number of nitrogens with two attached hydrogens (primary N) is 1. The van der Waals surface area contributed by atoms with Crippen LogP contribution in [0.3, 0.4) is 0 Å². The average molecular weight is 353 g/mol. The highest BCUT2D eigenvalue weighted by molar-refractivity contribution is 4.81. The molecule has 150 valence electrons. The zero-order chi connectivity index (χ0) is 18.4. The molecular weight excluding hydrogens is 304 g/mol. The van der Waals surface area contributed by atoms with Gasteiger partial charge in [0.1, 0.15) is 0 Å². The van der Waals surface area contributed by atoms with E-state index >= 15 is 0 Å². The Hall–Kier alpha value is -0.340. The van der Waals surface area contributed by atoms with Gasteiger partial charge >= 0.3 is 0 Å². The quantitative estimate of drug-likeness (QED) is 0.188. The van der Waals surface area contributed by atoms with Crippen LogP contribution < -0.4 is 11.1 Å². The molecule has 0 rings (SSSR count). The fourth-order valence-electron chi connectivity index (χ4n) is 3.33. The first-order chi connectivity index (χ1) is 12.3. The van der Waals surface area contributed by atoms with Gasteiger partial charge in [0.2, 0.25) is 0 Å². The summed E-state index contributed by atoms with van der Waals surface area (Å²) in [7, 11) is 0. The van der Waals surface area contributed by atoms with Crippen LogP contribution in [0.5, 0.6) is 0 Å². The third kappa shape index (κ3) is 19.8. The van der Waals surface area contributed by atoms with E-state index in [0.29, 0.717) is 6.04 Å². The second kappa shape index (κ2) is 21.7. The number of allylic oxidation sites excluding steroid dienone is 2. The minimum atomic E-state index is 0.633. The lowest BCUT2D eigenvalue weighted by Gasteiger charge is -2.15. The molecule has 0 heterocycles. The Balaban J connectivity index is 3.17. The Morgan fingerprint density at radius 3 is 1.76 bits per heavy atom. The van der Waals surface area contributed by atoms with Crippen LogP contribution in [0.25, 0.3) is 0 Å². The van der Waals surface area contributed by atoms with Crippen LogP contribution >= 0.6 is 0 Å². The summed E-state index contributed by atoms with van der Waals surface area (Å²) in [5, 5.41) is 3.63. The molecule has 3 N–H and O–H groups in total. The molecule has 2 heteroatoms. The van der Waals surface area contributed by atoms with Gasteiger partial charge in [-0.1, -0.05) is 83.8 Å². The molecule has 25 heavy (non-hydrogen) atoms. The zero-order valence-corrected chi connectivity index (χ0v) is 17.5. The van der Waals surface area contributed by atoms with E-state index in [1.807, 2.05) is 0 Å². The molecule has 0 spiro atoms. The molecule has 0 aromatic rings. The second-order valence-corrected chi connectivity index (χ2v) is 7.57. The van der Waals surface area contributed by atoms with E-state index in [1.165, 1.54) is 103 Å². The highest BCUT2D eigenvalue weighted by Gasteiger charge is 2.02. The van der Waals surface area contributed by atoms with Crippen molar-refractivity contribution in [2.24, 2.45) is 5.73 Å². The van der Waals surface area contributed by atoms with Crippen molar-refractivity contribution < 1.29 is 0 Å². The Morgan fingerprint density at radius 2 is 1.24 bits per heavy atom. The molecule has 0 aliphatic rings. The fraction of sp³-hybridized carbons (Fsp3) is 0.913. The van der Waals surface area contributed by atoms with Gasteiger partial charge in [-0.25, -0.2) is 0 Å². The van der Waals surface area contributed by atoms with E-state index in [2.05, 4.69) is 31.3 Å². The lowest BCUT2D eigenvalue weighted by Crippen LogP contribution is -2.31. The third-order valence-corrected chi connectivity index (χ3v) is 5.13. The summed E-state index contributed by atoms with van der Waals surface area (Å²) in [5.41, 5.74) is 5.63. The molecular formula is C23H48N2. The van der Waals surface area contributed by atoms with Crippen molar-refractivity contribution >= 4 is 0 Å². The van der Waals surface area contributed by atoms with Crippen molar-refractivity contribution in [3.63, 3.8) is 0 Å². The lowest BCUT2D eigenvalue weighted by atomic mass is 10.1. The highest BCUT2D eigenvalue weighted by Crippen LogP contribution is 2.10. The molecule has 0 saturated carbocycles. The molecule has 0 aromatic heterocycles. The smallest absolute Gasteiger partial charge is 0.00764 e. The number of hydrogen-bond acceptors (Lipinski definition) is 2. The molecule has 0 saturated heterocycles. The predicted molar refractivity (Wildman–Crippen MR) is 115 cm³/mol. The monoisotopic (exact) mass is 352 g/mol. The molecule has 0 bridgehead atoms. The van der Waals surface area contributed by atoms with Crippen molar-refractivity contribution in [2.75, 3.05) is 13.1 Å². The summed E-state index contributed by atoms with van der Waals surface area (Å²) >= 11 is 0. The zero-order valence-electron chi connectivity index (χ0n) is 17.5. The highest BCUT2D eigenvalue weighted by atomic mass is 14.9. The SMILES string of the molecule is CCCCCCCCC=CCCCCCCCCNC(CC)CCN. The molecule has 0 amide bonds. The van der Waals surface area contributed by atoms with Gasteiger partial charge in [0.25, 0.3) is 0 Å². The third-order valence-electron chi connectivity index (χ3n) is 5.13. The molecule has 0 aromatic carbocycles. The molecule has 0 aliphatic heterocycles. The van der Waals surface area contributed by atoms with Gasteiger partial charge in [-0.15, -0.1) is 0 Å². The van der Waals surface area contributed by atoms with Gasteiger partial charge in [0.15, 0.2) is 0 Å². The summed E-state index contributed by atoms with van der Waals surface area (Å²) in [5.74, 6) is 0. The van der Waals surface area contributed by atoms with E-state index < -0.39 is 0 Å². The number of rotatable bonds is 20. The second-order valence-electron chi connectivity index (χ2n) is 7.57. The van der Waals surface area contributed by atoms with E-state index in [9.17, 15) is 0 Å². The van der Waals surface area contributed by atoms with Crippen LogP contribution in [-0.2, 0) is 0 Å². The molecule has 0 radical (unpaired) electrons. The van der Waals surface area contributed by atoms with Gasteiger partial charge in [-0.05, 0) is 58.0 Å². The lowest BCUT2D eigenvalue weighted by molar-refractivity contribution is 0.458. The number of hydrogen-bond donors (Lipinski definition) is 2. The van der Waals surface area contributed by atoms with Crippen LogP contribution in [0, 0.1) is 0 Å². The summed E-state index contributed by atoms with van der Waals surface area (Å²) in [6, 6.07) is 0.633. The summed E-state index contributed by atoms with van der Waals surface area (Å²) in [6.45, 7) is 6.50. The summed E-state index contributed by atoms with van der Waals surface area (Å²) < 4.78 is 0. The maximum atomic E-state index is 5.63. The van der Waals surface area contributed by atoms with Crippen LogP contribution in [0.4, 0.5) is 0 Å². The molecule has 1 atom stereocenters. The maximum absolute atomic E-state index is 5.63. The molecule has 0 aliphatic carbocycles. The van der Waals surface area contributed by atoms with Gasteiger partial charge < -0.3 is 11.1 Å². The normalized spacial score (nSPS) is 12.9. The first-order valence-corrected chi connectivity index (χ1v) is 11.4. The van der Waals surface area contributed by atoms with Crippen LogP contribution in [-0.4, -0.2) is 19.1 Å². The standard InChI is InChI=1S/C23H48N2/c1-3-5-6-7-8-9-10-11-12-13-14-15-16-17-18-19-22-25-23(4-2)20-21-24/h11-12,23,25H,3-10,13-22,24H2,1-2H3. The fourth-order valence-corrected chi connectivity index (χ4v) is 3.33. The minimum absolute atomic E-state index is 0.633. The van der Waals surface area contributed by atoms with E-state index in [1.54, 1.807) is 0 Å². The predicted octanol–water partition coefficient (Wildman–Crippen LogP) is 6.74.